The van der Waals surface area contributed by atoms with Crippen LogP contribution in [0.15, 0.2) is 15.8 Å². The highest BCUT2D eigenvalue weighted by Crippen LogP contribution is 2.27. The number of hydrogen-bond acceptors (Lipinski definition) is 6. The highest BCUT2D eigenvalue weighted by molar-refractivity contribution is 7.13. The van der Waals surface area contributed by atoms with E-state index in [-0.39, 0.29) is 11.9 Å². The Morgan fingerprint density at radius 1 is 1.08 bits per heavy atom. The number of thiazole rings is 2. The number of carbonyl (C=O) groups is 1. The molecule has 0 saturated heterocycles. The Morgan fingerprint density at radius 2 is 1.64 bits per heavy atom. The van der Waals surface area contributed by atoms with E-state index in [0.717, 1.165) is 16.4 Å². The first-order valence-electron chi connectivity index (χ1n) is 8.29. The Hall–Kier alpha value is -2.00. The zero-order chi connectivity index (χ0) is 18.1. The summed E-state index contributed by atoms with van der Waals surface area (Å²) in [6.45, 7) is 1.89. The molecule has 2 aromatic heterocycles. The summed E-state index contributed by atoms with van der Waals surface area (Å²) in [6, 6.07) is 0. The van der Waals surface area contributed by atoms with Gasteiger partial charge in [0.05, 0.1) is 6.54 Å². The van der Waals surface area contributed by atoms with E-state index in [1.165, 1.54) is 68.1 Å². The van der Waals surface area contributed by atoms with Crippen LogP contribution in [0.25, 0.3) is 11.4 Å². The molecule has 3 rings (SSSR count). The molecule has 1 aliphatic rings. The van der Waals surface area contributed by atoms with E-state index in [4.69, 9.17) is 11.5 Å². The lowest BCUT2D eigenvalue weighted by atomic mass is 10.0. The molecular formula is C16H24N6OS2. The van der Waals surface area contributed by atoms with Crippen LogP contribution in [0.4, 0.5) is 5.13 Å². The van der Waals surface area contributed by atoms with Crippen molar-refractivity contribution < 1.29 is 4.79 Å². The molecule has 0 radical (unpaired) electrons. The average Bonchev–Trinajstić information content (AvgIpc) is 3.24. The molecule has 1 amide bonds. The van der Waals surface area contributed by atoms with Crippen LogP contribution in [-0.2, 0) is 11.3 Å². The Morgan fingerprint density at radius 3 is 2.20 bits per heavy atom. The fraction of sp³-hybridized carbons (Fsp3) is 0.500. The number of aliphatic imine (C=N–C) groups is 1. The minimum absolute atomic E-state index is 0.0227. The van der Waals surface area contributed by atoms with Crippen molar-refractivity contribution in [2.45, 2.75) is 52.0 Å². The highest BCUT2D eigenvalue weighted by atomic mass is 32.1. The van der Waals surface area contributed by atoms with Crippen LogP contribution in [0.3, 0.4) is 0 Å². The van der Waals surface area contributed by atoms with Crippen LogP contribution >= 0.6 is 22.7 Å². The summed E-state index contributed by atoms with van der Waals surface area (Å²) in [4.78, 5) is 23.3. The lowest BCUT2D eigenvalue weighted by molar-refractivity contribution is -0.119. The number of nitrogens with zero attached hydrogens (tertiary/aromatic N) is 3. The van der Waals surface area contributed by atoms with Crippen molar-refractivity contribution in [1.82, 2.24) is 15.3 Å². The molecule has 9 heteroatoms. The van der Waals surface area contributed by atoms with Crippen molar-refractivity contribution in [3.63, 3.8) is 0 Å². The molecule has 0 aliphatic heterocycles. The molecule has 5 N–H and O–H groups in total. The van der Waals surface area contributed by atoms with Gasteiger partial charge in [0, 0.05) is 17.7 Å². The van der Waals surface area contributed by atoms with Crippen molar-refractivity contribution >= 4 is 39.7 Å². The van der Waals surface area contributed by atoms with Gasteiger partial charge in [0.15, 0.2) is 5.96 Å². The van der Waals surface area contributed by atoms with Crippen molar-refractivity contribution in [3.05, 3.63) is 15.8 Å². The van der Waals surface area contributed by atoms with Crippen LogP contribution in [0.2, 0.25) is 0 Å². The third-order valence-electron chi connectivity index (χ3n) is 3.52. The molecule has 7 nitrogen and oxygen atoms in total. The normalized spacial score (nSPS) is 13.5. The maximum absolute atomic E-state index is 10.8. The molecule has 2 aromatic rings. The third kappa shape index (κ3) is 7.18. The van der Waals surface area contributed by atoms with Crippen molar-refractivity contribution in [3.8, 4) is 11.4 Å². The van der Waals surface area contributed by atoms with Crippen molar-refractivity contribution in [1.29, 1.82) is 0 Å². The zero-order valence-electron chi connectivity index (χ0n) is 14.3. The van der Waals surface area contributed by atoms with Crippen molar-refractivity contribution in [2.24, 2.45) is 16.5 Å². The predicted molar refractivity (Wildman–Crippen MR) is 104 cm³/mol. The van der Waals surface area contributed by atoms with Gasteiger partial charge in [-0.1, -0.05) is 38.5 Å². The number of nitrogens with one attached hydrogen (secondary N) is 1. The highest BCUT2D eigenvalue weighted by Gasteiger charge is 2.09. The molecule has 1 saturated carbocycles. The van der Waals surface area contributed by atoms with E-state index in [0.29, 0.717) is 11.7 Å². The van der Waals surface area contributed by atoms with Gasteiger partial charge in [0.1, 0.15) is 16.4 Å². The summed E-state index contributed by atoms with van der Waals surface area (Å²) in [6.07, 6.45) is 9.00. The molecule has 0 bridgehead atoms. The van der Waals surface area contributed by atoms with E-state index < -0.39 is 0 Å². The van der Waals surface area contributed by atoms with Gasteiger partial charge in [-0.2, -0.15) is 4.99 Å². The van der Waals surface area contributed by atoms with E-state index in [9.17, 15) is 4.79 Å². The van der Waals surface area contributed by atoms with Gasteiger partial charge >= 0.3 is 0 Å². The number of nitrogens with two attached hydrogens (primary N) is 2. The zero-order valence-corrected chi connectivity index (χ0v) is 16.0. The molecule has 0 atom stereocenters. The SMILES string of the molecule is C1CCCCC1.CC(=O)NCc1nc(-c2csc(N=C(N)N)n2)cs1. The lowest BCUT2D eigenvalue weighted by Crippen LogP contribution is -2.21. The molecule has 0 unspecified atom stereocenters. The van der Waals surface area contributed by atoms with Crippen molar-refractivity contribution in [2.75, 3.05) is 0 Å². The van der Waals surface area contributed by atoms with Gasteiger partial charge in [0.25, 0.3) is 0 Å². The van der Waals surface area contributed by atoms with Gasteiger partial charge in [-0.25, -0.2) is 9.97 Å². The fourth-order valence-electron chi connectivity index (χ4n) is 2.31. The second kappa shape index (κ2) is 10.1. The first-order chi connectivity index (χ1) is 12.0. The summed E-state index contributed by atoms with van der Waals surface area (Å²) >= 11 is 2.80. The third-order valence-corrected chi connectivity index (χ3v) is 5.10. The predicted octanol–water partition coefficient (Wildman–Crippen LogP) is 3.15. The largest absolute Gasteiger partial charge is 0.370 e. The van der Waals surface area contributed by atoms with Crippen LogP contribution in [0.1, 0.15) is 50.5 Å². The van der Waals surface area contributed by atoms with Crippen LogP contribution in [0, 0.1) is 0 Å². The molecule has 136 valence electrons. The van der Waals surface area contributed by atoms with Gasteiger partial charge in [-0.15, -0.1) is 22.7 Å². The fourth-order valence-corrected chi connectivity index (χ4v) is 3.74. The molecule has 0 aromatic carbocycles. The first kappa shape index (κ1) is 19.3. The number of aromatic nitrogens is 2. The molecule has 2 heterocycles. The van der Waals surface area contributed by atoms with E-state index in [2.05, 4.69) is 20.3 Å². The monoisotopic (exact) mass is 380 g/mol. The quantitative estimate of drug-likeness (QED) is 0.556. The standard InChI is InChI=1S/C10H12N6OS2.C6H12/c1-5(17)13-2-8-14-6(3-18-8)7-4-19-10(15-7)16-9(11)12;1-2-4-6-5-3-1/h3-4H,2H2,1H3,(H,13,17)(H4,11,12,15,16);1-6H2. The Kier molecular flexibility index (Phi) is 7.80. The number of guanidine groups is 1. The summed E-state index contributed by atoms with van der Waals surface area (Å²) in [5.41, 5.74) is 12.0. The second-order valence-corrected chi connectivity index (χ2v) is 7.49. The molecular weight excluding hydrogens is 356 g/mol. The van der Waals surface area contributed by atoms with Gasteiger partial charge in [0.2, 0.25) is 11.0 Å². The van der Waals surface area contributed by atoms with Crippen LogP contribution < -0.4 is 16.8 Å². The van der Waals surface area contributed by atoms with E-state index >= 15 is 0 Å². The van der Waals surface area contributed by atoms with E-state index in [1.54, 1.807) is 0 Å². The summed E-state index contributed by atoms with van der Waals surface area (Å²) in [5.74, 6) is -0.106. The molecule has 1 aliphatic carbocycles. The maximum atomic E-state index is 10.8. The maximum Gasteiger partial charge on any atom is 0.217 e. The summed E-state index contributed by atoms with van der Waals surface area (Å²) in [7, 11) is 0. The Balaban J connectivity index is 0.000000316. The lowest BCUT2D eigenvalue weighted by Gasteiger charge is -2.05. The Bertz CT molecular complexity index is 690. The summed E-state index contributed by atoms with van der Waals surface area (Å²) in [5, 5.41) is 7.72. The molecule has 0 spiro atoms. The number of carbonyl (C=O) groups excluding carboxylic acids is 1. The first-order valence-corrected chi connectivity index (χ1v) is 10.0. The van der Waals surface area contributed by atoms with E-state index in [1.807, 2.05) is 10.8 Å². The van der Waals surface area contributed by atoms with Gasteiger partial charge in [-0.05, 0) is 0 Å². The average molecular weight is 381 g/mol. The minimum Gasteiger partial charge on any atom is -0.370 e. The second-order valence-electron chi connectivity index (χ2n) is 5.71. The summed E-state index contributed by atoms with van der Waals surface area (Å²) < 4.78 is 0. The topological polar surface area (TPSA) is 119 Å². The molecule has 25 heavy (non-hydrogen) atoms. The number of amides is 1. The van der Waals surface area contributed by atoms with Crippen LogP contribution in [0.5, 0.6) is 0 Å². The van der Waals surface area contributed by atoms with Gasteiger partial charge < -0.3 is 16.8 Å². The number of hydrogen-bond donors (Lipinski definition) is 3. The van der Waals surface area contributed by atoms with Gasteiger partial charge in [-0.3, -0.25) is 4.79 Å². The van der Waals surface area contributed by atoms with Crippen LogP contribution in [-0.4, -0.2) is 21.8 Å². The molecule has 1 fully saturated rings. The minimum atomic E-state index is -0.0829. The smallest absolute Gasteiger partial charge is 0.217 e. The number of rotatable bonds is 4. The Labute approximate surface area is 155 Å².